The minimum atomic E-state index is -3.12. The zero-order valence-electron chi connectivity index (χ0n) is 16.9. The zero-order valence-corrected chi connectivity index (χ0v) is 17.7. The lowest BCUT2D eigenvalue weighted by atomic mass is 9.98. The van der Waals surface area contributed by atoms with E-state index in [1.165, 1.54) is 5.56 Å². The van der Waals surface area contributed by atoms with Gasteiger partial charge in [-0.3, -0.25) is 0 Å². The van der Waals surface area contributed by atoms with Crippen LogP contribution in [-0.2, 0) is 22.8 Å². The van der Waals surface area contributed by atoms with Crippen LogP contribution in [0.4, 0.5) is 4.79 Å². The molecule has 0 saturated carbocycles. The number of sulfone groups is 1. The van der Waals surface area contributed by atoms with E-state index in [0.29, 0.717) is 6.54 Å². The Kier molecular flexibility index (Phi) is 6.79. The maximum Gasteiger partial charge on any atom is 0.315 e. The summed E-state index contributed by atoms with van der Waals surface area (Å²) in [5.74, 6) is 0.995. The van der Waals surface area contributed by atoms with Crippen molar-refractivity contribution in [2.75, 3.05) is 18.1 Å². The highest BCUT2D eigenvalue weighted by atomic mass is 32.2. The molecule has 0 aromatic heterocycles. The summed E-state index contributed by atoms with van der Waals surface area (Å²) < 4.78 is 28.9. The lowest BCUT2D eigenvalue weighted by molar-refractivity contribution is 0.238. The summed E-state index contributed by atoms with van der Waals surface area (Å²) in [6, 6.07) is 13.5. The third-order valence-electron chi connectivity index (χ3n) is 4.97. The van der Waals surface area contributed by atoms with E-state index in [4.69, 9.17) is 4.74 Å². The van der Waals surface area contributed by atoms with Crippen LogP contribution < -0.4 is 15.4 Å². The highest BCUT2D eigenvalue weighted by Gasteiger charge is 2.15. The van der Waals surface area contributed by atoms with Crippen LogP contribution in [0.5, 0.6) is 5.75 Å². The standard InChI is InChI=1S/C22H28N2O4S/c1-3-29(26,27)15-16(2)24-22(25)23-14-17-6-8-18(9-7-17)19-10-11-21-20(13-19)5-4-12-28-21/h6-11,13,16H,3-5,12,14-15H2,1-2H3,(H2,23,24,25). The smallest absolute Gasteiger partial charge is 0.315 e. The van der Waals surface area contributed by atoms with E-state index in [1.54, 1.807) is 13.8 Å². The number of benzene rings is 2. The van der Waals surface area contributed by atoms with Gasteiger partial charge in [0.25, 0.3) is 0 Å². The maximum absolute atomic E-state index is 12.0. The van der Waals surface area contributed by atoms with Crippen LogP contribution in [0, 0.1) is 0 Å². The molecule has 156 valence electrons. The number of aryl methyl sites for hydroxylation is 1. The zero-order chi connectivity index (χ0) is 20.9. The third kappa shape index (κ3) is 5.97. The molecule has 3 rings (SSSR count). The largest absolute Gasteiger partial charge is 0.493 e. The van der Waals surface area contributed by atoms with E-state index in [9.17, 15) is 13.2 Å². The summed E-state index contributed by atoms with van der Waals surface area (Å²) >= 11 is 0. The van der Waals surface area contributed by atoms with Gasteiger partial charge in [-0.15, -0.1) is 0 Å². The van der Waals surface area contributed by atoms with Gasteiger partial charge in [0, 0.05) is 18.3 Å². The molecule has 1 atom stereocenters. The average molecular weight is 417 g/mol. The first-order valence-corrected chi connectivity index (χ1v) is 11.8. The molecule has 0 aliphatic carbocycles. The molecular weight excluding hydrogens is 388 g/mol. The van der Waals surface area contributed by atoms with Crippen LogP contribution in [0.15, 0.2) is 42.5 Å². The monoisotopic (exact) mass is 416 g/mol. The van der Waals surface area contributed by atoms with Gasteiger partial charge >= 0.3 is 6.03 Å². The fourth-order valence-electron chi connectivity index (χ4n) is 3.35. The predicted molar refractivity (Wildman–Crippen MR) is 115 cm³/mol. The molecule has 0 radical (unpaired) electrons. The van der Waals surface area contributed by atoms with Crippen LogP contribution in [0.3, 0.4) is 0 Å². The number of ether oxygens (including phenoxy) is 1. The SMILES string of the molecule is CCS(=O)(=O)CC(C)NC(=O)NCc1ccc(-c2ccc3c(c2)CCCO3)cc1. The number of urea groups is 1. The molecule has 2 amide bonds. The van der Waals surface area contributed by atoms with Gasteiger partial charge in [-0.05, 0) is 54.2 Å². The van der Waals surface area contributed by atoms with Crippen LogP contribution in [-0.4, -0.2) is 38.6 Å². The highest BCUT2D eigenvalue weighted by molar-refractivity contribution is 7.91. The summed E-state index contributed by atoms with van der Waals surface area (Å²) in [5.41, 5.74) is 4.48. The number of hydrogen-bond acceptors (Lipinski definition) is 4. The molecule has 7 heteroatoms. The molecule has 0 bridgehead atoms. The maximum atomic E-state index is 12.0. The molecule has 1 aliphatic rings. The van der Waals surface area contributed by atoms with Crippen molar-refractivity contribution in [3.05, 3.63) is 53.6 Å². The lowest BCUT2D eigenvalue weighted by Crippen LogP contribution is -2.43. The summed E-state index contributed by atoms with van der Waals surface area (Å²) in [4.78, 5) is 12.0. The van der Waals surface area contributed by atoms with Crippen molar-refractivity contribution in [3.8, 4) is 16.9 Å². The minimum Gasteiger partial charge on any atom is -0.493 e. The molecule has 2 N–H and O–H groups in total. The predicted octanol–water partition coefficient (Wildman–Crippen LogP) is 3.30. The van der Waals surface area contributed by atoms with E-state index in [2.05, 4.69) is 22.8 Å². The van der Waals surface area contributed by atoms with Gasteiger partial charge in [0.2, 0.25) is 0 Å². The lowest BCUT2D eigenvalue weighted by Gasteiger charge is -2.18. The van der Waals surface area contributed by atoms with Crippen LogP contribution in [0.2, 0.25) is 0 Å². The van der Waals surface area contributed by atoms with Crippen molar-refractivity contribution in [1.82, 2.24) is 10.6 Å². The first-order chi connectivity index (χ1) is 13.9. The number of carbonyl (C=O) groups is 1. The van der Waals surface area contributed by atoms with E-state index in [-0.39, 0.29) is 17.5 Å². The summed E-state index contributed by atoms with van der Waals surface area (Å²) in [7, 11) is -3.12. The number of nitrogens with one attached hydrogen (secondary N) is 2. The Morgan fingerprint density at radius 2 is 1.86 bits per heavy atom. The Balaban J connectivity index is 1.53. The number of amides is 2. The van der Waals surface area contributed by atoms with Crippen molar-refractivity contribution < 1.29 is 17.9 Å². The number of fused-ring (bicyclic) bond motifs is 1. The number of hydrogen-bond donors (Lipinski definition) is 2. The number of rotatable bonds is 7. The molecule has 0 fully saturated rings. The highest BCUT2D eigenvalue weighted by Crippen LogP contribution is 2.30. The van der Waals surface area contributed by atoms with E-state index >= 15 is 0 Å². The molecule has 1 aliphatic heterocycles. The normalized spacial score (nSPS) is 14.4. The van der Waals surface area contributed by atoms with Crippen molar-refractivity contribution in [2.45, 2.75) is 39.3 Å². The topological polar surface area (TPSA) is 84.5 Å². The Hall–Kier alpha value is -2.54. The molecule has 1 unspecified atom stereocenters. The van der Waals surface area contributed by atoms with Crippen LogP contribution in [0.25, 0.3) is 11.1 Å². The van der Waals surface area contributed by atoms with Crippen LogP contribution >= 0.6 is 0 Å². The molecule has 6 nitrogen and oxygen atoms in total. The summed E-state index contributed by atoms with van der Waals surface area (Å²) in [6.07, 6.45) is 2.09. The fraction of sp³-hybridized carbons (Fsp3) is 0.409. The molecule has 0 saturated heterocycles. The second kappa shape index (κ2) is 9.31. The molecular formula is C22H28N2O4S. The second-order valence-corrected chi connectivity index (χ2v) is 9.80. The Labute approximate surface area is 172 Å². The minimum absolute atomic E-state index is 0.0581. The van der Waals surface area contributed by atoms with E-state index < -0.39 is 15.9 Å². The molecule has 29 heavy (non-hydrogen) atoms. The van der Waals surface area contributed by atoms with Gasteiger partial charge in [0.05, 0.1) is 12.4 Å². The average Bonchev–Trinajstić information content (AvgIpc) is 2.72. The Bertz CT molecular complexity index is 955. The molecule has 2 aromatic carbocycles. The van der Waals surface area contributed by atoms with Crippen molar-refractivity contribution in [2.24, 2.45) is 0 Å². The van der Waals surface area contributed by atoms with Crippen molar-refractivity contribution in [3.63, 3.8) is 0 Å². The second-order valence-electron chi connectivity index (χ2n) is 7.40. The number of carbonyl (C=O) groups excluding carboxylic acids is 1. The van der Waals surface area contributed by atoms with Gasteiger partial charge < -0.3 is 15.4 Å². The fourth-order valence-corrected chi connectivity index (χ4v) is 4.43. The Morgan fingerprint density at radius 3 is 2.59 bits per heavy atom. The van der Waals surface area contributed by atoms with E-state index in [1.807, 2.05) is 30.3 Å². The van der Waals surface area contributed by atoms with Gasteiger partial charge in [0.1, 0.15) is 5.75 Å². The molecule has 1 heterocycles. The van der Waals surface area contributed by atoms with Gasteiger partial charge in [-0.1, -0.05) is 37.3 Å². The van der Waals surface area contributed by atoms with Gasteiger partial charge in [-0.2, -0.15) is 0 Å². The first kappa shape index (κ1) is 21.2. The van der Waals surface area contributed by atoms with Crippen molar-refractivity contribution >= 4 is 15.9 Å². The summed E-state index contributed by atoms with van der Waals surface area (Å²) in [6.45, 7) is 4.45. The van der Waals surface area contributed by atoms with Crippen LogP contribution in [0.1, 0.15) is 31.4 Å². The molecule has 2 aromatic rings. The third-order valence-corrected chi connectivity index (χ3v) is 6.86. The van der Waals surface area contributed by atoms with Crippen molar-refractivity contribution in [1.29, 1.82) is 0 Å². The first-order valence-electron chi connectivity index (χ1n) is 9.96. The molecule has 0 spiro atoms. The van der Waals surface area contributed by atoms with E-state index in [0.717, 1.165) is 41.9 Å². The van der Waals surface area contributed by atoms with Gasteiger partial charge in [-0.25, -0.2) is 13.2 Å². The van der Waals surface area contributed by atoms with Gasteiger partial charge in [0.15, 0.2) is 9.84 Å². The summed E-state index contributed by atoms with van der Waals surface area (Å²) in [5, 5.41) is 5.44. The quantitative estimate of drug-likeness (QED) is 0.725. The Morgan fingerprint density at radius 1 is 1.14 bits per heavy atom.